The zero-order valence-electron chi connectivity index (χ0n) is 12.7. The molecule has 21 heavy (non-hydrogen) atoms. The highest BCUT2D eigenvalue weighted by Crippen LogP contribution is 2.26. The third-order valence-electron chi connectivity index (χ3n) is 3.33. The average molecular weight is 285 g/mol. The summed E-state index contributed by atoms with van der Waals surface area (Å²) in [7, 11) is 3.21. The summed E-state index contributed by atoms with van der Waals surface area (Å²) in [6.45, 7) is 3.97. The molecule has 110 valence electrons. The summed E-state index contributed by atoms with van der Waals surface area (Å²) in [5, 5.41) is 9.97. The molecule has 0 saturated heterocycles. The maximum atomic E-state index is 12.5. The van der Waals surface area contributed by atoms with Crippen LogP contribution in [0.5, 0.6) is 11.5 Å². The lowest BCUT2D eigenvalue weighted by Crippen LogP contribution is -2.26. The number of hydrogen-bond donors (Lipinski definition) is 1. The first kappa shape index (κ1) is 14.9. The largest absolute Gasteiger partial charge is 0.507 e. The number of carbonyl (C=O) groups excluding carboxylic acids is 1. The van der Waals surface area contributed by atoms with E-state index < -0.39 is 0 Å². The minimum Gasteiger partial charge on any atom is -0.507 e. The quantitative estimate of drug-likeness (QED) is 0.941. The fourth-order valence-electron chi connectivity index (χ4n) is 2.26. The van der Waals surface area contributed by atoms with Gasteiger partial charge in [0.25, 0.3) is 5.91 Å². The Kier molecular flexibility index (Phi) is 4.17. The number of aromatic hydroxyl groups is 1. The molecule has 0 aromatic heterocycles. The van der Waals surface area contributed by atoms with Crippen molar-refractivity contribution < 1.29 is 14.6 Å². The van der Waals surface area contributed by atoms with Gasteiger partial charge in [-0.3, -0.25) is 4.79 Å². The van der Waals surface area contributed by atoms with Crippen molar-refractivity contribution in [2.45, 2.75) is 13.8 Å². The van der Waals surface area contributed by atoms with Crippen LogP contribution in [-0.2, 0) is 0 Å². The number of carbonyl (C=O) groups is 1. The van der Waals surface area contributed by atoms with Gasteiger partial charge in [0.1, 0.15) is 11.5 Å². The van der Waals surface area contributed by atoms with Crippen molar-refractivity contribution in [3.8, 4) is 11.5 Å². The summed E-state index contributed by atoms with van der Waals surface area (Å²) in [5.41, 5.74) is 3.22. The summed E-state index contributed by atoms with van der Waals surface area (Å²) < 4.78 is 5.02. The maximum Gasteiger partial charge on any atom is 0.261 e. The summed E-state index contributed by atoms with van der Waals surface area (Å²) in [6, 6.07) is 10.6. The van der Waals surface area contributed by atoms with E-state index in [-0.39, 0.29) is 17.2 Å². The van der Waals surface area contributed by atoms with Gasteiger partial charge in [-0.05, 0) is 49.2 Å². The Morgan fingerprint density at radius 1 is 1.10 bits per heavy atom. The maximum absolute atomic E-state index is 12.5. The molecular weight excluding hydrogens is 266 g/mol. The summed E-state index contributed by atoms with van der Waals surface area (Å²) in [6.07, 6.45) is 0. The number of phenols is 1. The molecule has 0 aliphatic rings. The van der Waals surface area contributed by atoms with Gasteiger partial charge in [-0.25, -0.2) is 0 Å². The molecule has 1 amide bonds. The molecule has 0 heterocycles. The second kappa shape index (κ2) is 5.87. The molecule has 0 fully saturated rings. The first-order chi connectivity index (χ1) is 9.92. The summed E-state index contributed by atoms with van der Waals surface area (Å²) >= 11 is 0. The van der Waals surface area contributed by atoms with E-state index in [4.69, 9.17) is 4.74 Å². The average Bonchev–Trinajstić information content (AvgIpc) is 2.44. The molecule has 0 unspecified atom stereocenters. The Labute approximate surface area is 124 Å². The van der Waals surface area contributed by atoms with Crippen molar-refractivity contribution in [3.63, 3.8) is 0 Å². The van der Waals surface area contributed by atoms with E-state index in [1.165, 1.54) is 18.1 Å². The Morgan fingerprint density at radius 3 is 2.24 bits per heavy atom. The Balaban J connectivity index is 2.34. The van der Waals surface area contributed by atoms with E-state index in [1.807, 2.05) is 32.0 Å². The molecule has 0 atom stereocenters. The third-order valence-corrected chi connectivity index (χ3v) is 3.33. The number of benzene rings is 2. The molecule has 0 aliphatic heterocycles. The SMILES string of the molecule is COc1ccc(C(=O)N(C)c2cc(C)cc(C)c2)c(O)c1. The van der Waals surface area contributed by atoms with Crippen molar-refractivity contribution in [2.75, 3.05) is 19.1 Å². The van der Waals surface area contributed by atoms with Crippen LogP contribution in [-0.4, -0.2) is 25.2 Å². The van der Waals surface area contributed by atoms with Gasteiger partial charge in [-0.2, -0.15) is 0 Å². The van der Waals surface area contributed by atoms with Crippen molar-refractivity contribution in [2.24, 2.45) is 0 Å². The molecule has 2 aromatic rings. The van der Waals surface area contributed by atoms with E-state index in [0.717, 1.165) is 16.8 Å². The highest BCUT2D eigenvalue weighted by molar-refractivity contribution is 6.07. The van der Waals surface area contributed by atoms with E-state index in [0.29, 0.717) is 5.75 Å². The number of nitrogens with zero attached hydrogens (tertiary/aromatic N) is 1. The van der Waals surface area contributed by atoms with E-state index >= 15 is 0 Å². The lowest BCUT2D eigenvalue weighted by Gasteiger charge is -2.19. The van der Waals surface area contributed by atoms with Crippen LogP contribution < -0.4 is 9.64 Å². The van der Waals surface area contributed by atoms with E-state index in [1.54, 1.807) is 19.2 Å². The second-order valence-electron chi connectivity index (χ2n) is 5.09. The normalized spacial score (nSPS) is 10.3. The van der Waals surface area contributed by atoms with Gasteiger partial charge in [0.2, 0.25) is 0 Å². The van der Waals surface area contributed by atoms with Crippen LogP contribution >= 0.6 is 0 Å². The van der Waals surface area contributed by atoms with Crippen LogP contribution in [0.1, 0.15) is 21.5 Å². The molecule has 2 aromatic carbocycles. The van der Waals surface area contributed by atoms with Crippen molar-refractivity contribution in [1.82, 2.24) is 0 Å². The van der Waals surface area contributed by atoms with E-state index in [9.17, 15) is 9.90 Å². The summed E-state index contributed by atoms with van der Waals surface area (Å²) in [5.74, 6) is 0.161. The van der Waals surface area contributed by atoms with Crippen LogP contribution in [0.25, 0.3) is 0 Å². The lowest BCUT2D eigenvalue weighted by atomic mass is 10.1. The van der Waals surface area contributed by atoms with Crippen molar-refractivity contribution in [3.05, 3.63) is 53.1 Å². The molecule has 0 saturated carbocycles. The number of methoxy groups -OCH3 is 1. The predicted octanol–water partition coefficient (Wildman–Crippen LogP) is 3.29. The van der Waals surface area contributed by atoms with Gasteiger partial charge in [0.15, 0.2) is 0 Å². The highest BCUT2D eigenvalue weighted by atomic mass is 16.5. The molecule has 0 aliphatic carbocycles. The molecule has 0 bridgehead atoms. The van der Waals surface area contributed by atoms with Crippen molar-refractivity contribution >= 4 is 11.6 Å². The fraction of sp³-hybridized carbons (Fsp3) is 0.235. The number of ether oxygens (including phenoxy) is 1. The molecule has 4 nitrogen and oxygen atoms in total. The van der Waals surface area contributed by atoms with Crippen LogP contribution in [0.4, 0.5) is 5.69 Å². The molecular formula is C17H19NO3. The number of anilines is 1. The number of amides is 1. The fourth-order valence-corrected chi connectivity index (χ4v) is 2.26. The lowest BCUT2D eigenvalue weighted by molar-refractivity contribution is 0.0990. The molecule has 1 N–H and O–H groups in total. The smallest absolute Gasteiger partial charge is 0.261 e. The molecule has 2 rings (SSSR count). The van der Waals surface area contributed by atoms with Crippen molar-refractivity contribution in [1.29, 1.82) is 0 Å². The number of aryl methyl sites for hydroxylation is 2. The zero-order valence-corrected chi connectivity index (χ0v) is 12.7. The number of hydrogen-bond acceptors (Lipinski definition) is 3. The Hall–Kier alpha value is -2.49. The molecule has 0 spiro atoms. The van der Waals surface area contributed by atoms with E-state index in [2.05, 4.69) is 0 Å². The minimum atomic E-state index is -0.264. The first-order valence-corrected chi connectivity index (χ1v) is 6.65. The minimum absolute atomic E-state index is 0.0874. The zero-order chi connectivity index (χ0) is 15.6. The van der Waals surface area contributed by atoms with Crippen LogP contribution in [0.2, 0.25) is 0 Å². The Bertz CT molecular complexity index is 659. The van der Waals surface area contributed by atoms with Crippen LogP contribution in [0.15, 0.2) is 36.4 Å². The first-order valence-electron chi connectivity index (χ1n) is 6.65. The monoisotopic (exact) mass is 285 g/mol. The summed E-state index contributed by atoms with van der Waals surface area (Å²) in [4.78, 5) is 14.0. The Morgan fingerprint density at radius 2 is 1.71 bits per heavy atom. The second-order valence-corrected chi connectivity index (χ2v) is 5.09. The van der Waals surface area contributed by atoms with Gasteiger partial charge >= 0.3 is 0 Å². The van der Waals surface area contributed by atoms with Crippen LogP contribution in [0, 0.1) is 13.8 Å². The standard InChI is InChI=1S/C17H19NO3/c1-11-7-12(2)9-13(8-11)18(3)17(20)15-6-5-14(21-4)10-16(15)19/h5-10,19H,1-4H3. The predicted molar refractivity (Wildman–Crippen MR) is 83.3 cm³/mol. The number of rotatable bonds is 3. The number of phenolic OH excluding ortho intramolecular Hbond substituents is 1. The third kappa shape index (κ3) is 3.16. The van der Waals surface area contributed by atoms with Gasteiger partial charge in [0.05, 0.1) is 12.7 Å². The van der Waals surface area contributed by atoms with Gasteiger partial charge in [0, 0.05) is 18.8 Å². The van der Waals surface area contributed by atoms with Crippen LogP contribution in [0.3, 0.4) is 0 Å². The van der Waals surface area contributed by atoms with Gasteiger partial charge < -0.3 is 14.7 Å². The topological polar surface area (TPSA) is 49.8 Å². The van der Waals surface area contributed by atoms with Gasteiger partial charge in [-0.15, -0.1) is 0 Å². The highest BCUT2D eigenvalue weighted by Gasteiger charge is 2.18. The molecule has 4 heteroatoms. The molecule has 0 radical (unpaired) electrons. The van der Waals surface area contributed by atoms with Gasteiger partial charge in [-0.1, -0.05) is 6.07 Å².